The highest BCUT2D eigenvalue weighted by Gasteiger charge is 2.25. The minimum Gasteiger partial charge on any atom is -0.462 e. The van der Waals surface area contributed by atoms with Crippen molar-refractivity contribution in [3.05, 3.63) is 85.1 Å². The Bertz CT molecular complexity index is 1050. The number of rotatable bonds is 31. The molecular formula is C39H63O8P. The summed E-state index contributed by atoms with van der Waals surface area (Å²) < 4.78 is 32.3. The van der Waals surface area contributed by atoms with E-state index < -0.39 is 32.5 Å². The first-order valence-electron chi connectivity index (χ1n) is 17.9. The van der Waals surface area contributed by atoms with Crippen molar-refractivity contribution in [1.82, 2.24) is 0 Å². The van der Waals surface area contributed by atoms with Crippen LogP contribution in [0.2, 0.25) is 0 Å². The van der Waals surface area contributed by atoms with Gasteiger partial charge >= 0.3 is 19.8 Å². The number of ether oxygens (including phenoxy) is 2. The SMILES string of the molecule is CC/C=C\C/C=C\C/C=C\C/C=C\C/C=C\CC(=O)OC(COC(=O)CCCCCCC/C=C\C/C=C\CCC)COP(=O)(O)OCC. The predicted molar refractivity (Wildman–Crippen MR) is 197 cm³/mol. The van der Waals surface area contributed by atoms with E-state index in [4.69, 9.17) is 18.5 Å². The van der Waals surface area contributed by atoms with Crippen LogP contribution in [0.5, 0.6) is 0 Å². The Morgan fingerprint density at radius 2 is 1.12 bits per heavy atom. The Morgan fingerprint density at radius 1 is 0.604 bits per heavy atom. The lowest BCUT2D eigenvalue weighted by Crippen LogP contribution is -2.29. The van der Waals surface area contributed by atoms with Gasteiger partial charge in [-0.05, 0) is 71.1 Å². The van der Waals surface area contributed by atoms with E-state index in [0.717, 1.165) is 70.6 Å². The van der Waals surface area contributed by atoms with Gasteiger partial charge in [0, 0.05) is 6.42 Å². The summed E-state index contributed by atoms with van der Waals surface area (Å²) in [5.74, 6) is -0.974. The van der Waals surface area contributed by atoms with Crippen LogP contribution in [0.1, 0.15) is 124 Å². The monoisotopic (exact) mass is 690 g/mol. The summed E-state index contributed by atoms with van der Waals surface area (Å²) in [6.45, 7) is 5.12. The fraction of sp³-hybridized carbons (Fsp3) is 0.590. The van der Waals surface area contributed by atoms with Gasteiger partial charge in [0.25, 0.3) is 0 Å². The molecule has 0 aromatic rings. The maximum Gasteiger partial charge on any atom is 0.472 e. The van der Waals surface area contributed by atoms with Crippen LogP contribution in [0.15, 0.2) is 85.1 Å². The van der Waals surface area contributed by atoms with Crippen molar-refractivity contribution < 1.29 is 37.6 Å². The standard InChI is InChI=1S/C39H63O8P/c1-4-7-9-11-13-15-17-19-20-22-24-26-28-30-32-34-39(41)47-37(36-46-48(42,43)45-6-3)35-44-38(40)33-31-29-27-25-23-21-18-16-14-12-10-8-5-2/h7,9-10,12-13,15-16,18-20,24,26,30,32,37H,4-6,8,11,14,17,21-23,25,27-29,31,33-36H2,1-3H3,(H,42,43)/b9-7-,12-10-,15-13-,18-16-,20-19-,26-24-,32-30-. The number of phosphoric ester groups is 1. The molecule has 0 fully saturated rings. The molecule has 2 unspecified atom stereocenters. The van der Waals surface area contributed by atoms with E-state index in [9.17, 15) is 19.0 Å². The molecule has 0 aromatic carbocycles. The highest BCUT2D eigenvalue weighted by atomic mass is 31.2. The zero-order valence-corrected chi connectivity index (χ0v) is 30.7. The van der Waals surface area contributed by atoms with Crippen molar-refractivity contribution in [2.75, 3.05) is 19.8 Å². The van der Waals surface area contributed by atoms with E-state index in [-0.39, 0.29) is 26.1 Å². The molecular weight excluding hydrogens is 627 g/mol. The Morgan fingerprint density at radius 3 is 1.71 bits per heavy atom. The lowest BCUT2D eigenvalue weighted by Gasteiger charge is -2.19. The van der Waals surface area contributed by atoms with Crippen LogP contribution in [-0.2, 0) is 32.7 Å². The summed E-state index contributed by atoms with van der Waals surface area (Å²) in [6.07, 6.45) is 42.4. The molecule has 2 atom stereocenters. The second kappa shape index (κ2) is 34.1. The first-order chi connectivity index (χ1) is 23.3. The van der Waals surface area contributed by atoms with Crippen LogP contribution in [-0.4, -0.2) is 42.8 Å². The van der Waals surface area contributed by atoms with Gasteiger partial charge < -0.3 is 14.4 Å². The molecule has 0 aromatic heterocycles. The molecule has 272 valence electrons. The van der Waals surface area contributed by atoms with Gasteiger partial charge in [0.1, 0.15) is 6.61 Å². The van der Waals surface area contributed by atoms with Crippen molar-refractivity contribution in [3.8, 4) is 0 Å². The van der Waals surface area contributed by atoms with Gasteiger partial charge in [0.2, 0.25) is 0 Å². The fourth-order valence-electron chi connectivity index (χ4n) is 4.15. The van der Waals surface area contributed by atoms with E-state index >= 15 is 0 Å². The number of carbonyl (C=O) groups excluding carboxylic acids is 2. The molecule has 0 saturated heterocycles. The summed E-state index contributed by atoms with van der Waals surface area (Å²) >= 11 is 0. The molecule has 0 bridgehead atoms. The third-order valence-electron chi connectivity index (χ3n) is 6.70. The average molecular weight is 691 g/mol. The van der Waals surface area contributed by atoms with Gasteiger partial charge in [-0.25, -0.2) is 4.57 Å². The average Bonchev–Trinajstić information content (AvgIpc) is 3.06. The van der Waals surface area contributed by atoms with Gasteiger partial charge in [0.15, 0.2) is 6.10 Å². The number of carbonyl (C=O) groups is 2. The molecule has 0 aliphatic carbocycles. The fourth-order valence-corrected chi connectivity index (χ4v) is 4.91. The summed E-state index contributed by atoms with van der Waals surface area (Å²) in [7, 11) is -4.31. The van der Waals surface area contributed by atoms with E-state index in [1.165, 1.54) is 6.42 Å². The lowest BCUT2D eigenvalue weighted by molar-refractivity contribution is -0.160. The normalized spacial score (nSPS) is 14.5. The Kier molecular flexibility index (Phi) is 32.1. The van der Waals surface area contributed by atoms with Crippen molar-refractivity contribution >= 4 is 19.8 Å². The van der Waals surface area contributed by atoms with Gasteiger partial charge in [-0.3, -0.25) is 18.6 Å². The molecule has 0 aliphatic heterocycles. The number of allylic oxidation sites excluding steroid dienone is 13. The second-order valence-corrected chi connectivity index (χ2v) is 12.6. The van der Waals surface area contributed by atoms with Gasteiger partial charge in [-0.2, -0.15) is 0 Å². The Hall–Kier alpha value is -2.77. The van der Waals surface area contributed by atoms with E-state index in [1.807, 2.05) is 12.2 Å². The third-order valence-corrected chi connectivity index (χ3v) is 7.76. The summed E-state index contributed by atoms with van der Waals surface area (Å²) in [5, 5.41) is 0. The molecule has 9 heteroatoms. The zero-order chi connectivity index (χ0) is 35.4. The maximum atomic E-state index is 12.4. The van der Waals surface area contributed by atoms with Gasteiger partial charge in [0.05, 0.1) is 19.6 Å². The third kappa shape index (κ3) is 33.1. The van der Waals surface area contributed by atoms with Gasteiger partial charge in [-0.15, -0.1) is 0 Å². The topological polar surface area (TPSA) is 108 Å². The minimum atomic E-state index is -4.31. The van der Waals surface area contributed by atoms with Crippen LogP contribution in [0.25, 0.3) is 0 Å². The summed E-state index contributed by atoms with van der Waals surface area (Å²) in [5.41, 5.74) is 0. The molecule has 0 radical (unpaired) electrons. The van der Waals surface area contributed by atoms with Crippen molar-refractivity contribution in [3.63, 3.8) is 0 Å². The number of unbranched alkanes of at least 4 members (excludes halogenated alkanes) is 6. The van der Waals surface area contributed by atoms with E-state index in [2.05, 4.69) is 80.7 Å². The highest BCUT2D eigenvalue weighted by molar-refractivity contribution is 7.47. The number of hydrogen-bond acceptors (Lipinski definition) is 7. The molecule has 1 N–H and O–H groups in total. The van der Waals surface area contributed by atoms with Crippen LogP contribution >= 0.6 is 7.82 Å². The van der Waals surface area contributed by atoms with E-state index in [0.29, 0.717) is 12.8 Å². The predicted octanol–water partition coefficient (Wildman–Crippen LogP) is 10.8. The van der Waals surface area contributed by atoms with Crippen LogP contribution in [0.4, 0.5) is 0 Å². The van der Waals surface area contributed by atoms with E-state index in [1.54, 1.807) is 13.0 Å². The van der Waals surface area contributed by atoms with Gasteiger partial charge in [-0.1, -0.05) is 125 Å². The van der Waals surface area contributed by atoms with Crippen LogP contribution in [0.3, 0.4) is 0 Å². The number of esters is 2. The van der Waals surface area contributed by atoms with Crippen LogP contribution < -0.4 is 0 Å². The maximum absolute atomic E-state index is 12.4. The Balaban J connectivity index is 4.39. The molecule has 48 heavy (non-hydrogen) atoms. The highest BCUT2D eigenvalue weighted by Crippen LogP contribution is 2.43. The molecule has 0 saturated carbocycles. The smallest absolute Gasteiger partial charge is 0.462 e. The molecule has 8 nitrogen and oxygen atoms in total. The zero-order valence-electron chi connectivity index (χ0n) is 29.8. The molecule has 0 spiro atoms. The second-order valence-electron chi connectivity index (χ2n) is 11.2. The molecule has 0 amide bonds. The number of hydrogen-bond donors (Lipinski definition) is 1. The molecule has 0 aliphatic rings. The first-order valence-corrected chi connectivity index (χ1v) is 19.4. The minimum absolute atomic E-state index is 0.00596. The van der Waals surface area contributed by atoms with Crippen molar-refractivity contribution in [2.24, 2.45) is 0 Å². The first kappa shape index (κ1) is 45.2. The Labute approximate surface area is 291 Å². The molecule has 0 rings (SSSR count). The van der Waals surface area contributed by atoms with Crippen molar-refractivity contribution in [1.29, 1.82) is 0 Å². The summed E-state index contributed by atoms with van der Waals surface area (Å²) in [4.78, 5) is 34.5. The molecule has 0 heterocycles. The quantitative estimate of drug-likeness (QED) is 0.0331. The van der Waals surface area contributed by atoms with Crippen LogP contribution in [0, 0.1) is 0 Å². The number of phosphoric acid groups is 1. The summed E-state index contributed by atoms with van der Waals surface area (Å²) in [6, 6.07) is 0. The van der Waals surface area contributed by atoms with Crippen molar-refractivity contribution in [2.45, 2.75) is 130 Å². The largest absolute Gasteiger partial charge is 0.472 e. The lowest BCUT2D eigenvalue weighted by atomic mass is 10.1.